The fourth-order valence-corrected chi connectivity index (χ4v) is 5.39. The van der Waals surface area contributed by atoms with Gasteiger partial charge in [-0.05, 0) is 67.8 Å². The van der Waals surface area contributed by atoms with E-state index in [1.54, 1.807) is 34.4 Å². The quantitative estimate of drug-likeness (QED) is 0.287. The highest BCUT2D eigenvalue weighted by molar-refractivity contribution is 6.42. The summed E-state index contributed by atoms with van der Waals surface area (Å²) in [5.74, 6) is 1.38. The summed E-state index contributed by atoms with van der Waals surface area (Å²) in [4.78, 5) is 14.9. The third-order valence-electron chi connectivity index (χ3n) is 7.37. The standard InChI is InChI=1S/C30H33Cl2N3O4/c1-33-27-5-2-3-6-28(27)35(29(33)36)17-18-38-23-9-7-22(8-10-23)20-34-15-4-13-30(37,14-16-34)21-39-24-11-12-25(31)26(32)19-24/h2-3,5-12,19,37H,4,13-18,20-21H2,1H3/t30-/m1/s1. The number of aromatic nitrogens is 2. The first-order valence-corrected chi connectivity index (χ1v) is 14.0. The first-order chi connectivity index (χ1) is 18.8. The summed E-state index contributed by atoms with van der Waals surface area (Å²) in [6, 6.07) is 21.0. The molecular formula is C30H33Cl2N3O4. The number of fused-ring (bicyclic) bond motifs is 1. The van der Waals surface area contributed by atoms with Crippen LogP contribution in [-0.2, 0) is 20.1 Å². The maximum absolute atomic E-state index is 12.6. The van der Waals surface area contributed by atoms with Gasteiger partial charge in [-0.15, -0.1) is 0 Å². The summed E-state index contributed by atoms with van der Waals surface area (Å²) in [5, 5.41) is 12.1. The molecule has 206 valence electrons. The molecule has 1 N–H and O–H groups in total. The molecular weight excluding hydrogens is 537 g/mol. The lowest BCUT2D eigenvalue weighted by molar-refractivity contribution is -0.0168. The molecule has 39 heavy (non-hydrogen) atoms. The Morgan fingerprint density at radius 1 is 0.897 bits per heavy atom. The van der Waals surface area contributed by atoms with Crippen LogP contribution in [-0.4, -0.2) is 51.0 Å². The highest BCUT2D eigenvalue weighted by Gasteiger charge is 2.31. The second-order valence-corrected chi connectivity index (χ2v) is 11.0. The topological polar surface area (TPSA) is 68.9 Å². The smallest absolute Gasteiger partial charge is 0.328 e. The fourth-order valence-electron chi connectivity index (χ4n) is 5.10. The van der Waals surface area contributed by atoms with E-state index in [0.717, 1.165) is 42.8 Å². The van der Waals surface area contributed by atoms with E-state index in [2.05, 4.69) is 17.0 Å². The second-order valence-electron chi connectivity index (χ2n) is 10.2. The Morgan fingerprint density at radius 2 is 1.64 bits per heavy atom. The van der Waals surface area contributed by atoms with Crippen molar-refractivity contribution in [2.45, 2.75) is 38.0 Å². The average Bonchev–Trinajstić information content (AvgIpc) is 3.05. The van der Waals surface area contributed by atoms with Crippen LogP contribution in [0.1, 0.15) is 24.8 Å². The molecule has 9 heteroatoms. The Morgan fingerprint density at radius 3 is 2.41 bits per heavy atom. The van der Waals surface area contributed by atoms with Crippen molar-refractivity contribution in [1.82, 2.24) is 14.0 Å². The van der Waals surface area contributed by atoms with Crippen molar-refractivity contribution >= 4 is 34.2 Å². The Hall–Kier alpha value is -2.97. The number of hydrogen-bond acceptors (Lipinski definition) is 5. The molecule has 1 atom stereocenters. The number of para-hydroxylation sites is 2. The van der Waals surface area contributed by atoms with Crippen molar-refractivity contribution in [3.63, 3.8) is 0 Å². The lowest BCUT2D eigenvalue weighted by Crippen LogP contribution is -2.37. The minimum absolute atomic E-state index is 0.0413. The molecule has 1 aliphatic rings. The molecule has 0 spiro atoms. The molecule has 0 unspecified atom stereocenters. The normalized spacial score (nSPS) is 18.3. The summed E-state index contributed by atoms with van der Waals surface area (Å²) >= 11 is 12.1. The summed E-state index contributed by atoms with van der Waals surface area (Å²) in [6.45, 7) is 3.59. The van der Waals surface area contributed by atoms with Crippen LogP contribution in [0.15, 0.2) is 71.5 Å². The van der Waals surface area contributed by atoms with Gasteiger partial charge in [0, 0.05) is 26.2 Å². The lowest BCUT2D eigenvalue weighted by atomic mass is 9.96. The van der Waals surface area contributed by atoms with Gasteiger partial charge in [0.15, 0.2) is 0 Å². The predicted octanol–water partition coefficient (Wildman–Crippen LogP) is 5.52. The van der Waals surface area contributed by atoms with Gasteiger partial charge in [-0.25, -0.2) is 4.79 Å². The van der Waals surface area contributed by atoms with E-state index >= 15 is 0 Å². The maximum Gasteiger partial charge on any atom is 0.328 e. The van der Waals surface area contributed by atoms with Crippen LogP contribution in [0.4, 0.5) is 0 Å². The molecule has 0 amide bonds. The largest absolute Gasteiger partial charge is 0.492 e. The second kappa shape index (κ2) is 12.0. The van der Waals surface area contributed by atoms with Gasteiger partial charge in [-0.2, -0.15) is 0 Å². The van der Waals surface area contributed by atoms with Crippen molar-refractivity contribution in [2.75, 3.05) is 26.3 Å². The first kappa shape index (κ1) is 27.6. The zero-order valence-electron chi connectivity index (χ0n) is 22.0. The maximum atomic E-state index is 12.6. The van der Waals surface area contributed by atoms with E-state index in [1.807, 2.05) is 36.4 Å². The zero-order chi connectivity index (χ0) is 27.4. The number of hydrogen-bond donors (Lipinski definition) is 1. The van der Waals surface area contributed by atoms with Crippen molar-refractivity contribution in [1.29, 1.82) is 0 Å². The van der Waals surface area contributed by atoms with Gasteiger partial charge in [0.25, 0.3) is 0 Å². The van der Waals surface area contributed by atoms with Crippen molar-refractivity contribution in [2.24, 2.45) is 7.05 Å². The number of aliphatic hydroxyl groups is 1. The van der Waals surface area contributed by atoms with E-state index in [4.69, 9.17) is 32.7 Å². The summed E-state index contributed by atoms with van der Waals surface area (Å²) in [7, 11) is 1.79. The first-order valence-electron chi connectivity index (χ1n) is 13.2. The number of benzene rings is 3. The minimum Gasteiger partial charge on any atom is -0.492 e. The van der Waals surface area contributed by atoms with Gasteiger partial charge in [-0.3, -0.25) is 14.0 Å². The van der Waals surface area contributed by atoms with E-state index in [0.29, 0.717) is 41.8 Å². The molecule has 4 aromatic rings. The fraction of sp³-hybridized carbons (Fsp3) is 0.367. The van der Waals surface area contributed by atoms with Gasteiger partial charge >= 0.3 is 5.69 Å². The van der Waals surface area contributed by atoms with Gasteiger partial charge < -0.3 is 14.6 Å². The third-order valence-corrected chi connectivity index (χ3v) is 8.11. The van der Waals surface area contributed by atoms with Crippen LogP contribution in [0.2, 0.25) is 10.0 Å². The van der Waals surface area contributed by atoms with Crippen molar-refractivity contribution in [3.8, 4) is 11.5 Å². The Bertz CT molecular complexity index is 1480. The number of halogens is 2. The number of rotatable bonds is 9. The molecule has 0 bridgehead atoms. The summed E-state index contributed by atoms with van der Waals surface area (Å²) < 4.78 is 15.2. The molecule has 0 saturated carbocycles. The number of imidazole rings is 1. The lowest BCUT2D eigenvalue weighted by Gasteiger charge is -2.27. The SMILES string of the molecule is Cn1c(=O)n(CCOc2ccc(CN3CCC[C@](O)(COc4ccc(Cl)c(Cl)c4)CC3)cc2)c2ccccc21. The predicted molar refractivity (Wildman–Crippen MR) is 155 cm³/mol. The van der Waals surface area contributed by atoms with Crippen LogP contribution in [0, 0.1) is 0 Å². The van der Waals surface area contributed by atoms with Crippen molar-refractivity contribution in [3.05, 3.63) is 92.8 Å². The third kappa shape index (κ3) is 6.61. The zero-order valence-corrected chi connectivity index (χ0v) is 23.5. The molecule has 1 aliphatic heterocycles. The molecule has 7 nitrogen and oxygen atoms in total. The van der Waals surface area contributed by atoms with Crippen molar-refractivity contribution < 1.29 is 14.6 Å². The minimum atomic E-state index is -0.884. The van der Waals surface area contributed by atoms with Crippen LogP contribution in [0.3, 0.4) is 0 Å². The van der Waals surface area contributed by atoms with Crippen LogP contribution in [0.5, 0.6) is 11.5 Å². The van der Waals surface area contributed by atoms with Crippen LogP contribution < -0.4 is 15.2 Å². The van der Waals surface area contributed by atoms with E-state index < -0.39 is 5.60 Å². The van der Waals surface area contributed by atoms with Gasteiger partial charge in [0.2, 0.25) is 0 Å². The molecule has 1 aromatic heterocycles. The number of ether oxygens (including phenoxy) is 2. The van der Waals surface area contributed by atoms with Gasteiger partial charge in [0.1, 0.15) is 24.7 Å². The molecule has 3 aromatic carbocycles. The Balaban J connectivity index is 1.10. The van der Waals surface area contributed by atoms with E-state index in [1.165, 1.54) is 5.56 Å². The van der Waals surface area contributed by atoms with E-state index in [9.17, 15) is 9.90 Å². The number of nitrogens with zero attached hydrogens (tertiary/aromatic N) is 3. The molecule has 2 heterocycles. The molecule has 0 aliphatic carbocycles. The molecule has 5 rings (SSSR count). The highest BCUT2D eigenvalue weighted by atomic mass is 35.5. The average molecular weight is 571 g/mol. The molecule has 1 fully saturated rings. The van der Waals surface area contributed by atoms with Gasteiger partial charge in [0.05, 0.1) is 33.2 Å². The Kier molecular flexibility index (Phi) is 8.52. The van der Waals surface area contributed by atoms with Gasteiger partial charge in [-0.1, -0.05) is 47.5 Å². The highest BCUT2D eigenvalue weighted by Crippen LogP contribution is 2.29. The molecule has 0 radical (unpaired) electrons. The van der Waals surface area contributed by atoms with Crippen LogP contribution >= 0.6 is 23.2 Å². The Labute approximate surface area is 238 Å². The molecule has 1 saturated heterocycles. The number of likely N-dealkylation sites (tertiary alicyclic amines) is 1. The van der Waals surface area contributed by atoms with Crippen LogP contribution in [0.25, 0.3) is 11.0 Å². The number of aryl methyl sites for hydroxylation is 1. The summed E-state index contributed by atoms with van der Waals surface area (Å²) in [6.07, 6.45) is 2.19. The summed E-state index contributed by atoms with van der Waals surface area (Å²) in [5.41, 5.74) is 2.09. The monoisotopic (exact) mass is 569 g/mol. The van der Waals surface area contributed by atoms with E-state index in [-0.39, 0.29) is 12.3 Å².